The fourth-order valence-electron chi connectivity index (χ4n) is 4.02. The normalized spacial score (nSPS) is 15.6. The summed E-state index contributed by atoms with van der Waals surface area (Å²) < 4.78 is 54.0. The van der Waals surface area contributed by atoms with Crippen LogP contribution in [0.5, 0.6) is 0 Å². The molecule has 2 aromatic carbocycles. The van der Waals surface area contributed by atoms with Crippen LogP contribution in [-0.4, -0.2) is 47.6 Å². The Balaban J connectivity index is 0.00000216. The number of hydrogen-bond donors (Lipinski definition) is 0. The van der Waals surface area contributed by atoms with E-state index in [1.54, 1.807) is 12.1 Å². The van der Waals surface area contributed by atoms with Crippen molar-refractivity contribution in [1.82, 2.24) is 9.47 Å². The van der Waals surface area contributed by atoms with E-state index in [4.69, 9.17) is 11.6 Å². The van der Waals surface area contributed by atoms with E-state index in [1.165, 1.54) is 35.6 Å². The Morgan fingerprint density at radius 2 is 1.74 bits per heavy atom. The van der Waals surface area contributed by atoms with Crippen LogP contribution in [-0.2, 0) is 6.54 Å². The number of carbonyl (C=O) groups is 1. The highest BCUT2D eigenvalue weighted by molar-refractivity contribution is 7.16. The maximum atomic E-state index is 13.1. The number of piperidine rings is 1. The summed E-state index contributed by atoms with van der Waals surface area (Å²) in [7, 11) is 0. The second kappa shape index (κ2) is 12.5. The SMILES string of the molecule is Cl.Cl.O=C(CN1CCC(Cn2/c(=N/CC(F)(F)F)sc3cc(Cl)ccc32)CC1)c1ccc(F)cc1. The summed E-state index contributed by atoms with van der Waals surface area (Å²) in [6.07, 6.45) is -2.74. The lowest BCUT2D eigenvalue weighted by molar-refractivity contribution is -0.118. The Hall–Kier alpha value is -1.65. The quantitative estimate of drug-likeness (QED) is 0.253. The van der Waals surface area contributed by atoms with Crippen molar-refractivity contribution in [3.63, 3.8) is 0 Å². The standard InChI is InChI=1S/C23H22ClF4N3OS.2ClH/c24-17-3-6-19-21(11-17)33-22(29-14-23(26,27)28)31(19)12-15-7-9-30(10-8-15)13-20(32)16-1-4-18(25)5-2-16;;/h1-6,11,15H,7-10,12-14H2;2*1H/b29-22-;;. The van der Waals surface area contributed by atoms with Gasteiger partial charge in [-0.15, -0.1) is 24.8 Å². The first-order valence-corrected chi connectivity index (χ1v) is 11.7. The number of nitrogens with zero attached hydrogens (tertiary/aromatic N) is 3. The Morgan fingerprint density at radius 1 is 1.09 bits per heavy atom. The van der Waals surface area contributed by atoms with Gasteiger partial charge < -0.3 is 4.57 Å². The zero-order valence-corrected chi connectivity index (χ0v) is 21.6. The zero-order chi connectivity index (χ0) is 23.6. The molecule has 4 rings (SSSR count). The van der Waals surface area contributed by atoms with Crippen molar-refractivity contribution < 1.29 is 22.4 Å². The molecule has 1 aliphatic heterocycles. The number of alkyl halides is 3. The van der Waals surface area contributed by atoms with Gasteiger partial charge in [-0.05, 0) is 74.3 Å². The highest BCUT2D eigenvalue weighted by Crippen LogP contribution is 2.26. The van der Waals surface area contributed by atoms with Crippen molar-refractivity contribution in [3.05, 3.63) is 63.7 Å². The number of thiazole rings is 1. The number of halogens is 7. The number of carbonyl (C=O) groups excluding carboxylic acids is 1. The molecule has 0 aliphatic carbocycles. The van der Waals surface area contributed by atoms with Gasteiger partial charge >= 0.3 is 6.18 Å². The molecule has 3 aromatic rings. The summed E-state index contributed by atoms with van der Waals surface area (Å²) in [5.41, 5.74) is 1.30. The van der Waals surface area contributed by atoms with Crippen LogP contribution < -0.4 is 4.80 Å². The lowest BCUT2D eigenvalue weighted by Crippen LogP contribution is -2.39. The molecule has 0 spiro atoms. The van der Waals surface area contributed by atoms with Gasteiger partial charge in [-0.2, -0.15) is 13.2 Å². The van der Waals surface area contributed by atoms with Crippen LogP contribution in [0.3, 0.4) is 0 Å². The summed E-state index contributed by atoms with van der Waals surface area (Å²) >= 11 is 7.27. The van der Waals surface area contributed by atoms with Crippen LogP contribution in [0.2, 0.25) is 5.02 Å². The van der Waals surface area contributed by atoms with Crippen molar-refractivity contribution in [2.75, 3.05) is 26.2 Å². The third kappa shape index (κ3) is 7.92. The van der Waals surface area contributed by atoms with Crippen LogP contribution in [0.4, 0.5) is 17.6 Å². The number of aromatic nitrogens is 1. The van der Waals surface area contributed by atoms with E-state index in [0.29, 0.717) is 35.0 Å². The van der Waals surface area contributed by atoms with E-state index in [1.807, 2.05) is 10.6 Å². The molecule has 0 bridgehead atoms. The molecule has 192 valence electrons. The minimum atomic E-state index is -4.37. The van der Waals surface area contributed by atoms with Gasteiger partial charge in [0.05, 0.1) is 16.8 Å². The van der Waals surface area contributed by atoms with Crippen LogP contribution in [0.1, 0.15) is 23.2 Å². The summed E-state index contributed by atoms with van der Waals surface area (Å²) in [5.74, 6) is -0.188. The van der Waals surface area contributed by atoms with Gasteiger partial charge in [0.25, 0.3) is 0 Å². The molecular weight excluding hydrogens is 549 g/mol. The molecule has 12 heteroatoms. The molecule has 0 amide bonds. The molecular formula is C23H24Cl3F4N3OS. The smallest absolute Gasteiger partial charge is 0.316 e. The van der Waals surface area contributed by atoms with Crippen molar-refractivity contribution in [2.45, 2.75) is 25.6 Å². The molecule has 1 fully saturated rings. The fraction of sp³-hybridized carbons (Fsp3) is 0.391. The Bertz CT molecular complexity index is 1200. The Morgan fingerprint density at radius 3 is 2.37 bits per heavy atom. The van der Waals surface area contributed by atoms with E-state index in [9.17, 15) is 22.4 Å². The van der Waals surface area contributed by atoms with Gasteiger partial charge in [0.15, 0.2) is 10.6 Å². The second-order valence-corrected chi connectivity index (χ2v) is 9.63. The summed E-state index contributed by atoms with van der Waals surface area (Å²) in [6, 6.07) is 10.8. The highest BCUT2D eigenvalue weighted by Gasteiger charge is 2.27. The highest BCUT2D eigenvalue weighted by atomic mass is 35.5. The minimum Gasteiger partial charge on any atom is -0.316 e. The van der Waals surface area contributed by atoms with E-state index >= 15 is 0 Å². The van der Waals surface area contributed by atoms with Gasteiger partial charge in [-0.1, -0.05) is 22.9 Å². The topological polar surface area (TPSA) is 37.6 Å². The van der Waals surface area contributed by atoms with Crippen LogP contribution in [0.15, 0.2) is 47.5 Å². The third-order valence-corrected chi connectivity index (χ3v) is 7.03. The third-order valence-electron chi connectivity index (χ3n) is 5.72. The molecule has 1 saturated heterocycles. The monoisotopic (exact) mass is 571 g/mol. The summed E-state index contributed by atoms with van der Waals surface area (Å²) in [6.45, 7) is 1.01. The van der Waals surface area contributed by atoms with Crippen molar-refractivity contribution in [3.8, 4) is 0 Å². The molecule has 0 N–H and O–H groups in total. The largest absolute Gasteiger partial charge is 0.408 e. The molecule has 0 saturated carbocycles. The number of ketones is 1. The van der Waals surface area contributed by atoms with Crippen LogP contribution in [0, 0.1) is 11.7 Å². The first-order valence-electron chi connectivity index (χ1n) is 10.6. The first-order chi connectivity index (χ1) is 15.7. The maximum Gasteiger partial charge on any atom is 0.408 e. The van der Waals surface area contributed by atoms with Crippen molar-refractivity contribution in [1.29, 1.82) is 0 Å². The Kier molecular flexibility index (Phi) is 10.6. The van der Waals surface area contributed by atoms with E-state index < -0.39 is 12.7 Å². The Labute approximate surface area is 221 Å². The predicted octanol–water partition coefficient (Wildman–Crippen LogP) is 6.40. The maximum absolute atomic E-state index is 13.1. The molecule has 1 aromatic heterocycles. The zero-order valence-electron chi connectivity index (χ0n) is 18.4. The number of fused-ring (bicyclic) bond motifs is 1. The average Bonchev–Trinajstić information content (AvgIpc) is 3.10. The first kappa shape index (κ1) is 29.6. The van der Waals surface area contributed by atoms with Crippen molar-refractivity contribution >= 4 is 63.8 Å². The molecule has 35 heavy (non-hydrogen) atoms. The van der Waals surface area contributed by atoms with Crippen LogP contribution in [0.25, 0.3) is 10.2 Å². The van der Waals surface area contributed by atoms with Gasteiger partial charge in [-0.25, -0.2) is 9.38 Å². The minimum absolute atomic E-state index is 0. The number of Topliss-reactive ketones (excluding diaryl/α,β-unsaturated/α-hetero) is 1. The van der Waals surface area contributed by atoms with E-state index in [2.05, 4.69) is 9.89 Å². The lowest BCUT2D eigenvalue weighted by Gasteiger charge is -2.31. The predicted molar refractivity (Wildman–Crippen MR) is 136 cm³/mol. The van der Waals surface area contributed by atoms with Gasteiger partial charge in [0.1, 0.15) is 12.4 Å². The van der Waals surface area contributed by atoms with Gasteiger partial charge in [0.2, 0.25) is 0 Å². The molecule has 0 unspecified atom stereocenters. The van der Waals surface area contributed by atoms with Crippen LogP contribution >= 0.6 is 47.8 Å². The molecule has 0 atom stereocenters. The van der Waals surface area contributed by atoms with Gasteiger partial charge in [0, 0.05) is 17.1 Å². The number of benzene rings is 2. The number of rotatable bonds is 6. The number of hydrogen-bond acceptors (Lipinski definition) is 4. The summed E-state index contributed by atoms with van der Waals surface area (Å²) in [4.78, 5) is 18.7. The van der Waals surface area contributed by atoms with Crippen molar-refractivity contribution in [2.24, 2.45) is 10.9 Å². The lowest BCUT2D eigenvalue weighted by atomic mass is 9.96. The molecule has 2 heterocycles. The average molecular weight is 573 g/mol. The van der Waals surface area contributed by atoms with E-state index in [0.717, 1.165) is 23.1 Å². The molecule has 0 radical (unpaired) electrons. The van der Waals surface area contributed by atoms with Gasteiger partial charge in [-0.3, -0.25) is 9.69 Å². The second-order valence-electron chi connectivity index (χ2n) is 8.19. The fourth-order valence-corrected chi connectivity index (χ4v) is 5.33. The summed E-state index contributed by atoms with van der Waals surface area (Å²) in [5, 5.41) is 0.525. The molecule has 4 nitrogen and oxygen atoms in total. The van der Waals surface area contributed by atoms with E-state index in [-0.39, 0.29) is 48.9 Å². The number of likely N-dealkylation sites (tertiary alicyclic amines) is 1. The molecule has 1 aliphatic rings.